The predicted molar refractivity (Wildman–Crippen MR) is 68.9 cm³/mol. The Bertz CT molecular complexity index is 646. The number of carbonyl (C=O) groups excluding carboxylic acids is 1. The highest BCUT2D eigenvalue weighted by Gasteiger charge is 2.43. The molecule has 0 aliphatic rings. The Kier molecular flexibility index (Phi) is 4.70. The zero-order valence-electron chi connectivity index (χ0n) is 10.4. The lowest BCUT2D eigenvalue weighted by atomic mass is 10.4. The van der Waals surface area contributed by atoms with Crippen molar-refractivity contribution in [2.45, 2.75) is 16.4 Å². The lowest BCUT2D eigenvalue weighted by Gasteiger charge is -2.14. The maximum absolute atomic E-state index is 12.2. The number of hydrogen-bond acceptors (Lipinski definition) is 6. The van der Waals surface area contributed by atoms with Gasteiger partial charge in [-0.2, -0.15) is 0 Å². The zero-order chi connectivity index (χ0) is 14.7. The molecule has 0 aliphatic carbocycles. The Labute approximate surface area is 112 Å². The Morgan fingerprint density at radius 3 is 2.11 bits per heavy atom. The van der Waals surface area contributed by atoms with Gasteiger partial charge in [0.1, 0.15) is 0 Å². The molecule has 0 saturated carbocycles. The van der Waals surface area contributed by atoms with Gasteiger partial charge in [0.25, 0.3) is 4.58 Å². The van der Waals surface area contributed by atoms with E-state index in [0.717, 1.165) is 0 Å². The largest absolute Gasteiger partial charge is 0.464 e. The summed E-state index contributed by atoms with van der Waals surface area (Å²) < 4.78 is 49.9. The highest BCUT2D eigenvalue weighted by Crippen LogP contribution is 2.20. The number of hydrogen-bond donors (Lipinski definition) is 0. The van der Waals surface area contributed by atoms with Crippen LogP contribution in [0.25, 0.3) is 0 Å². The molecule has 0 aromatic heterocycles. The van der Waals surface area contributed by atoms with Crippen molar-refractivity contribution < 1.29 is 26.4 Å². The predicted octanol–water partition coefficient (Wildman–Crippen LogP) is 0.394. The van der Waals surface area contributed by atoms with Gasteiger partial charge in [0.2, 0.25) is 9.84 Å². The Hall–Kier alpha value is -1.41. The second-order valence-corrected chi connectivity index (χ2v) is 8.23. The molecule has 0 bridgehead atoms. The zero-order valence-corrected chi connectivity index (χ0v) is 12.1. The topological polar surface area (TPSA) is 94.6 Å². The molecule has 0 radical (unpaired) electrons. The molecule has 1 aromatic rings. The summed E-state index contributed by atoms with van der Waals surface area (Å²) in [5.41, 5.74) is 0. The third-order valence-electron chi connectivity index (χ3n) is 2.22. The Balaban J connectivity index is 3.38. The number of sulfone groups is 2. The van der Waals surface area contributed by atoms with Gasteiger partial charge in [-0.15, -0.1) is 0 Å². The second kappa shape index (κ2) is 5.70. The van der Waals surface area contributed by atoms with Gasteiger partial charge in [0.15, 0.2) is 9.84 Å². The molecule has 106 valence electrons. The monoisotopic (exact) mass is 306 g/mol. The van der Waals surface area contributed by atoms with Crippen molar-refractivity contribution >= 4 is 25.6 Å². The van der Waals surface area contributed by atoms with Crippen LogP contribution in [0.5, 0.6) is 0 Å². The highest BCUT2D eigenvalue weighted by atomic mass is 32.3. The molecule has 0 heterocycles. The first-order valence-corrected chi connectivity index (χ1v) is 8.85. The minimum atomic E-state index is -4.34. The van der Waals surface area contributed by atoms with Gasteiger partial charge in [0, 0.05) is 6.26 Å². The summed E-state index contributed by atoms with van der Waals surface area (Å²) in [4.78, 5) is 11.4. The summed E-state index contributed by atoms with van der Waals surface area (Å²) in [5, 5.41) is 0. The smallest absolute Gasteiger partial charge is 0.340 e. The number of carbonyl (C=O) groups is 1. The van der Waals surface area contributed by atoms with Crippen LogP contribution < -0.4 is 0 Å². The molecule has 0 N–H and O–H groups in total. The van der Waals surface area contributed by atoms with Crippen molar-refractivity contribution in [2.75, 3.05) is 12.9 Å². The van der Waals surface area contributed by atoms with E-state index in [1.165, 1.54) is 31.2 Å². The quantitative estimate of drug-likeness (QED) is 0.731. The molecule has 6 nitrogen and oxygen atoms in total. The maximum Gasteiger partial charge on any atom is 0.340 e. The fourth-order valence-corrected chi connectivity index (χ4v) is 5.17. The van der Waals surface area contributed by atoms with Gasteiger partial charge in [-0.25, -0.2) is 21.6 Å². The maximum atomic E-state index is 12.2. The average molecular weight is 306 g/mol. The van der Waals surface area contributed by atoms with Gasteiger partial charge in [-0.05, 0) is 19.1 Å². The number of rotatable bonds is 5. The molecule has 8 heteroatoms. The highest BCUT2D eigenvalue weighted by molar-refractivity contribution is 8.09. The van der Waals surface area contributed by atoms with E-state index in [1.807, 2.05) is 0 Å². The summed E-state index contributed by atoms with van der Waals surface area (Å²) in [6.45, 7) is 1.36. The molecule has 1 aromatic carbocycles. The molecule has 1 rings (SSSR count). The van der Waals surface area contributed by atoms with Crippen LogP contribution in [0.1, 0.15) is 6.92 Å². The van der Waals surface area contributed by atoms with Crippen molar-refractivity contribution in [1.29, 1.82) is 0 Å². The molecule has 0 aliphatic heterocycles. The third-order valence-corrected chi connectivity index (χ3v) is 6.69. The third kappa shape index (κ3) is 3.54. The van der Waals surface area contributed by atoms with E-state index in [4.69, 9.17) is 0 Å². The lowest BCUT2D eigenvalue weighted by molar-refractivity contribution is -0.140. The molecule has 19 heavy (non-hydrogen) atoms. The van der Waals surface area contributed by atoms with Crippen molar-refractivity contribution in [1.82, 2.24) is 0 Å². The van der Waals surface area contributed by atoms with Crippen LogP contribution in [-0.2, 0) is 29.2 Å². The molecular formula is C11H14O6S2. The van der Waals surface area contributed by atoms with E-state index < -0.39 is 30.2 Å². The molecule has 0 amide bonds. The lowest BCUT2D eigenvalue weighted by Crippen LogP contribution is -2.38. The van der Waals surface area contributed by atoms with Crippen LogP contribution >= 0.6 is 0 Å². The fourth-order valence-electron chi connectivity index (χ4n) is 1.48. The molecule has 0 fully saturated rings. The average Bonchev–Trinajstić information content (AvgIpc) is 2.28. The van der Waals surface area contributed by atoms with Gasteiger partial charge >= 0.3 is 5.97 Å². The van der Waals surface area contributed by atoms with E-state index in [1.54, 1.807) is 6.07 Å². The van der Waals surface area contributed by atoms with Crippen molar-refractivity contribution in [2.24, 2.45) is 0 Å². The first-order chi connectivity index (χ1) is 8.71. The van der Waals surface area contributed by atoms with Crippen LogP contribution in [0.4, 0.5) is 0 Å². The standard InChI is InChI=1S/C11H14O6S2/c1-3-17-10(12)11(18(2,13)14)19(15,16)9-7-5-4-6-8-9/h4-8,11H,3H2,1-2H3/t11-/m1/s1. The summed E-state index contributed by atoms with van der Waals surface area (Å²) >= 11 is 0. The normalized spacial score (nSPS) is 13.8. The summed E-state index contributed by atoms with van der Waals surface area (Å²) in [6, 6.07) is 6.92. The van der Waals surface area contributed by atoms with Gasteiger partial charge in [0.05, 0.1) is 11.5 Å². The van der Waals surface area contributed by atoms with Crippen LogP contribution in [0.2, 0.25) is 0 Å². The van der Waals surface area contributed by atoms with Crippen LogP contribution in [0.15, 0.2) is 35.2 Å². The second-order valence-electron chi connectivity index (χ2n) is 3.77. The van der Waals surface area contributed by atoms with E-state index in [9.17, 15) is 21.6 Å². The summed E-state index contributed by atoms with van der Waals surface area (Å²) in [5.74, 6) is -1.28. The number of benzene rings is 1. The van der Waals surface area contributed by atoms with Crippen LogP contribution in [0.3, 0.4) is 0 Å². The van der Waals surface area contributed by atoms with Crippen molar-refractivity contribution in [3.8, 4) is 0 Å². The minimum absolute atomic E-state index is 0.102. The number of esters is 1. The molecule has 0 unspecified atom stereocenters. The Morgan fingerprint density at radius 2 is 1.68 bits per heavy atom. The minimum Gasteiger partial charge on any atom is -0.464 e. The summed E-state index contributed by atoms with van der Waals surface area (Å²) in [6.07, 6.45) is 0.690. The van der Waals surface area contributed by atoms with E-state index in [0.29, 0.717) is 6.26 Å². The molecular weight excluding hydrogens is 292 g/mol. The SMILES string of the molecule is CCOC(=O)[C@H](S(C)(=O)=O)S(=O)(=O)c1ccccc1. The first kappa shape index (κ1) is 15.6. The molecule has 0 saturated heterocycles. The molecule has 1 atom stereocenters. The Morgan fingerprint density at radius 1 is 1.16 bits per heavy atom. The van der Waals surface area contributed by atoms with Crippen LogP contribution in [-0.4, -0.2) is 40.2 Å². The van der Waals surface area contributed by atoms with E-state index in [2.05, 4.69) is 4.74 Å². The fraction of sp³-hybridized carbons (Fsp3) is 0.364. The van der Waals surface area contributed by atoms with Crippen molar-refractivity contribution in [3.05, 3.63) is 30.3 Å². The summed E-state index contributed by atoms with van der Waals surface area (Å²) in [7, 11) is -8.50. The van der Waals surface area contributed by atoms with Gasteiger partial charge < -0.3 is 4.74 Å². The van der Waals surface area contributed by atoms with Crippen LogP contribution in [0, 0.1) is 0 Å². The van der Waals surface area contributed by atoms with E-state index in [-0.39, 0.29) is 11.5 Å². The van der Waals surface area contributed by atoms with Gasteiger partial charge in [-0.3, -0.25) is 0 Å². The molecule has 0 spiro atoms. The van der Waals surface area contributed by atoms with E-state index >= 15 is 0 Å². The first-order valence-electron chi connectivity index (χ1n) is 5.35. The van der Waals surface area contributed by atoms with Crippen molar-refractivity contribution in [3.63, 3.8) is 0 Å². The van der Waals surface area contributed by atoms with Gasteiger partial charge in [-0.1, -0.05) is 18.2 Å². The number of ether oxygens (including phenoxy) is 1.